The Kier molecular flexibility index (Phi) is 5.95. The molecule has 4 rings (SSSR count). The Morgan fingerprint density at radius 3 is 2.76 bits per heavy atom. The van der Waals surface area contributed by atoms with Crippen LogP contribution in [0.25, 0.3) is 11.3 Å². The van der Waals surface area contributed by atoms with E-state index in [0.29, 0.717) is 11.0 Å². The highest BCUT2D eigenvalue weighted by atomic mass is 32.1. The van der Waals surface area contributed by atoms with E-state index in [1.54, 1.807) is 0 Å². The van der Waals surface area contributed by atoms with Crippen LogP contribution >= 0.6 is 11.3 Å². The Morgan fingerprint density at radius 1 is 1.14 bits per heavy atom. The van der Waals surface area contributed by atoms with Gasteiger partial charge in [0.15, 0.2) is 11.7 Å². The molecule has 1 N–H and O–H groups in total. The molecule has 1 aromatic heterocycles. The first-order valence-electron chi connectivity index (χ1n) is 10.2. The van der Waals surface area contributed by atoms with Crippen LogP contribution in [-0.4, -0.2) is 17.5 Å². The molecule has 0 saturated carbocycles. The van der Waals surface area contributed by atoms with Crippen LogP contribution in [-0.2, 0) is 17.6 Å². The zero-order valence-corrected chi connectivity index (χ0v) is 17.7. The Balaban J connectivity index is 1.39. The number of para-hydroxylation sites is 1. The third-order valence-electron chi connectivity index (χ3n) is 5.29. The van der Waals surface area contributed by atoms with Crippen LogP contribution in [0.3, 0.4) is 0 Å². The fourth-order valence-electron chi connectivity index (χ4n) is 3.74. The molecule has 0 saturated heterocycles. The molecule has 0 unspecified atom stereocenters. The lowest BCUT2D eigenvalue weighted by atomic mass is 9.90. The van der Waals surface area contributed by atoms with E-state index >= 15 is 0 Å². The third-order valence-corrected chi connectivity index (χ3v) is 6.05. The topological polar surface area (TPSA) is 51.2 Å². The Morgan fingerprint density at radius 2 is 1.93 bits per heavy atom. The number of ether oxygens (including phenoxy) is 1. The molecule has 1 amide bonds. The number of hydrogen-bond donors (Lipinski definition) is 1. The number of nitrogens with one attached hydrogen (secondary N) is 1. The summed E-state index contributed by atoms with van der Waals surface area (Å²) in [6, 6.07) is 14.5. The van der Waals surface area contributed by atoms with E-state index in [1.165, 1.54) is 41.7 Å². The van der Waals surface area contributed by atoms with Gasteiger partial charge in [0, 0.05) is 10.9 Å². The number of carbonyl (C=O) groups excluding carboxylic acids is 1. The Labute approximate surface area is 176 Å². The van der Waals surface area contributed by atoms with Crippen LogP contribution in [0.1, 0.15) is 49.3 Å². The maximum Gasteiger partial charge on any atom is 0.264 e. The SMILES string of the molecule is CC(C)c1ccccc1OCC(=O)Nc1nc(-c2ccc3c(c2)CCCC3)cs1. The number of carbonyl (C=O) groups is 1. The van der Waals surface area contributed by atoms with Gasteiger partial charge in [0.2, 0.25) is 0 Å². The highest BCUT2D eigenvalue weighted by molar-refractivity contribution is 7.14. The van der Waals surface area contributed by atoms with Crippen LogP contribution in [0.4, 0.5) is 5.13 Å². The van der Waals surface area contributed by atoms with Crippen LogP contribution in [0, 0.1) is 0 Å². The normalized spacial score (nSPS) is 13.2. The van der Waals surface area contributed by atoms with Gasteiger partial charge in [-0.2, -0.15) is 0 Å². The molecule has 0 radical (unpaired) electrons. The van der Waals surface area contributed by atoms with E-state index in [9.17, 15) is 4.79 Å². The number of benzene rings is 2. The predicted octanol–water partition coefficient (Wildman–Crippen LogP) is 5.83. The van der Waals surface area contributed by atoms with Gasteiger partial charge < -0.3 is 4.74 Å². The minimum atomic E-state index is -0.199. The average Bonchev–Trinajstić information content (AvgIpc) is 3.20. The number of rotatable bonds is 6. The van der Waals surface area contributed by atoms with E-state index in [2.05, 4.69) is 42.3 Å². The largest absolute Gasteiger partial charge is 0.483 e. The van der Waals surface area contributed by atoms with Crippen molar-refractivity contribution in [1.82, 2.24) is 4.98 Å². The molecule has 0 bridgehead atoms. The zero-order valence-electron chi connectivity index (χ0n) is 16.9. The van der Waals surface area contributed by atoms with Crippen molar-refractivity contribution in [2.75, 3.05) is 11.9 Å². The summed E-state index contributed by atoms with van der Waals surface area (Å²) in [7, 11) is 0. The smallest absolute Gasteiger partial charge is 0.264 e. The number of aryl methyl sites for hydroxylation is 2. The molecule has 5 heteroatoms. The summed E-state index contributed by atoms with van der Waals surface area (Å²) < 4.78 is 5.75. The second-order valence-corrected chi connectivity index (χ2v) is 8.62. The molecule has 0 spiro atoms. The van der Waals surface area contributed by atoms with Crippen molar-refractivity contribution in [3.63, 3.8) is 0 Å². The molecular formula is C24H26N2O2S. The first-order chi connectivity index (χ1) is 14.1. The minimum absolute atomic E-state index is 0.0303. The summed E-state index contributed by atoms with van der Waals surface area (Å²) >= 11 is 1.44. The summed E-state index contributed by atoms with van der Waals surface area (Å²) in [4.78, 5) is 16.9. The monoisotopic (exact) mass is 406 g/mol. The molecule has 150 valence electrons. The van der Waals surface area contributed by atoms with Crippen LogP contribution in [0.15, 0.2) is 47.8 Å². The van der Waals surface area contributed by atoms with Crippen molar-refractivity contribution >= 4 is 22.4 Å². The van der Waals surface area contributed by atoms with E-state index < -0.39 is 0 Å². The third kappa shape index (κ3) is 4.67. The predicted molar refractivity (Wildman–Crippen MR) is 119 cm³/mol. The first-order valence-corrected chi connectivity index (χ1v) is 11.1. The van der Waals surface area contributed by atoms with E-state index in [4.69, 9.17) is 4.74 Å². The second kappa shape index (κ2) is 8.78. The summed E-state index contributed by atoms with van der Waals surface area (Å²) in [5, 5.41) is 5.45. The maximum atomic E-state index is 12.3. The quantitative estimate of drug-likeness (QED) is 0.560. The zero-order chi connectivity index (χ0) is 20.2. The number of aromatic nitrogens is 1. The number of nitrogens with zero attached hydrogens (tertiary/aromatic N) is 1. The van der Waals surface area contributed by atoms with Gasteiger partial charge in [0.1, 0.15) is 5.75 Å². The van der Waals surface area contributed by atoms with Crippen molar-refractivity contribution in [3.8, 4) is 17.0 Å². The number of amides is 1. The Bertz CT molecular complexity index is 1010. The van der Waals surface area contributed by atoms with Gasteiger partial charge in [-0.05, 0) is 60.4 Å². The fraction of sp³-hybridized carbons (Fsp3) is 0.333. The van der Waals surface area contributed by atoms with Gasteiger partial charge in [-0.15, -0.1) is 11.3 Å². The van der Waals surface area contributed by atoms with E-state index in [1.807, 2.05) is 29.6 Å². The van der Waals surface area contributed by atoms with E-state index in [-0.39, 0.29) is 12.5 Å². The fourth-order valence-corrected chi connectivity index (χ4v) is 4.48. The Hall–Kier alpha value is -2.66. The lowest BCUT2D eigenvalue weighted by Gasteiger charge is -2.16. The van der Waals surface area contributed by atoms with E-state index in [0.717, 1.165) is 29.0 Å². The van der Waals surface area contributed by atoms with Gasteiger partial charge in [0.05, 0.1) is 5.69 Å². The molecule has 1 aliphatic carbocycles. The molecule has 4 nitrogen and oxygen atoms in total. The van der Waals surface area contributed by atoms with Crippen LogP contribution in [0.2, 0.25) is 0 Å². The van der Waals surface area contributed by atoms with Gasteiger partial charge in [-0.1, -0.05) is 44.2 Å². The number of thiazole rings is 1. The second-order valence-electron chi connectivity index (χ2n) is 7.76. The molecule has 0 atom stereocenters. The summed E-state index contributed by atoms with van der Waals surface area (Å²) in [5.41, 5.74) is 6.02. The van der Waals surface area contributed by atoms with Gasteiger partial charge >= 0.3 is 0 Å². The number of hydrogen-bond acceptors (Lipinski definition) is 4. The number of anilines is 1. The van der Waals surface area contributed by atoms with Crippen molar-refractivity contribution < 1.29 is 9.53 Å². The molecule has 29 heavy (non-hydrogen) atoms. The van der Waals surface area contributed by atoms with Crippen molar-refractivity contribution in [3.05, 3.63) is 64.5 Å². The lowest BCUT2D eigenvalue weighted by molar-refractivity contribution is -0.118. The molecule has 3 aromatic rings. The lowest BCUT2D eigenvalue weighted by Crippen LogP contribution is -2.20. The molecule has 1 aliphatic rings. The van der Waals surface area contributed by atoms with Gasteiger partial charge in [-0.25, -0.2) is 4.98 Å². The minimum Gasteiger partial charge on any atom is -0.483 e. The first kappa shape index (κ1) is 19.6. The molecule has 1 heterocycles. The van der Waals surface area contributed by atoms with Crippen LogP contribution < -0.4 is 10.1 Å². The molecule has 0 aliphatic heterocycles. The van der Waals surface area contributed by atoms with Gasteiger partial charge in [-0.3, -0.25) is 10.1 Å². The summed E-state index contributed by atoms with van der Waals surface area (Å²) in [6.07, 6.45) is 4.86. The van der Waals surface area contributed by atoms with Crippen molar-refractivity contribution in [2.45, 2.75) is 45.4 Å². The molecule has 0 fully saturated rings. The van der Waals surface area contributed by atoms with Gasteiger partial charge in [0.25, 0.3) is 5.91 Å². The highest BCUT2D eigenvalue weighted by Crippen LogP contribution is 2.30. The molecule has 2 aromatic carbocycles. The van der Waals surface area contributed by atoms with Crippen molar-refractivity contribution in [1.29, 1.82) is 0 Å². The average molecular weight is 407 g/mol. The standard InChI is InChI=1S/C24H26N2O2S/c1-16(2)20-9-5-6-10-22(20)28-14-23(27)26-24-25-21(15-29-24)19-12-11-17-7-3-4-8-18(17)13-19/h5-6,9-13,15-16H,3-4,7-8,14H2,1-2H3,(H,25,26,27). The highest BCUT2D eigenvalue weighted by Gasteiger charge is 2.14. The summed E-state index contributed by atoms with van der Waals surface area (Å²) in [5.74, 6) is 0.897. The van der Waals surface area contributed by atoms with Crippen molar-refractivity contribution in [2.24, 2.45) is 0 Å². The maximum absolute atomic E-state index is 12.3. The molecular weight excluding hydrogens is 380 g/mol. The van der Waals surface area contributed by atoms with Crippen LogP contribution in [0.5, 0.6) is 5.75 Å². The number of fused-ring (bicyclic) bond motifs is 1. The summed E-state index contributed by atoms with van der Waals surface area (Å²) in [6.45, 7) is 4.19.